The summed E-state index contributed by atoms with van der Waals surface area (Å²) in [5.41, 5.74) is 1.76. The number of hydrogen-bond acceptors (Lipinski definition) is 4. The van der Waals surface area contributed by atoms with Gasteiger partial charge >= 0.3 is 0 Å². The molecule has 96 valence electrons. The van der Waals surface area contributed by atoms with Crippen LogP contribution in [0.2, 0.25) is 5.02 Å². The minimum absolute atomic E-state index is 0.185. The van der Waals surface area contributed by atoms with Crippen molar-refractivity contribution in [2.75, 3.05) is 0 Å². The van der Waals surface area contributed by atoms with Crippen LogP contribution in [0.5, 0.6) is 0 Å². The van der Waals surface area contributed by atoms with Crippen LogP contribution < -0.4 is 5.56 Å². The van der Waals surface area contributed by atoms with E-state index in [0.717, 1.165) is 5.56 Å². The molecule has 19 heavy (non-hydrogen) atoms. The highest BCUT2D eigenvalue weighted by Gasteiger charge is 2.08. The lowest BCUT2D eigenvalue weighted by atomic mass is 10.1. The molecule has 0 unspecified atom stereocenters. The highest BCUT2D eigenvalue weighted by Crippen LogP contribution is 2.26. The summed E-state index contributed by atoms with van der Waals surface area (Å²) in [5.74, 6) is 0.481. The van der Waals surface area contributed by atoms with Gasteiger partial charge in [-0.2, -0.15) is 5.26 Å². The van der Waals surface area contributed by atoms with Crippen LogP contribution in [0.3, 0.4) is 0 Å². The van der Waals surface area contributed by atoms with E-state index in [-0.39, 0.29) is 5.56 Å². The standard InChI is InChI=1S/C13H10ClN3OS/c1-8-5-12(18)17-13(16-8)19-7-10-9(6-15)3-2-4-11(10)14/h2-5H,7H2,1H3,(H,16,17,18). The summed E-state index contributed by atoms with van der Waals surface area (Å²) in [5, 5.41) is 10.1. The van der Waals surface area contributed by atoms with Crippen LogP contribution in [0.15, 0.2) is 34.2 Å². The Bertz CT molecular complexity index is 706. The Morgan fingerprint density at radius 1 is 1.53 bits per heavy atom. The van der Waals surface area contributed by atoms with Gasteiger partial charge in [0.15, 0.2) is 5.16 Å². The predicted molar refractivity (Wildman–Crippen MR) is 75.3 cm³/mol. The summed E-state index contributed by atoms with van der Waals surface area (Å²) in [6, 6.07) is 8.73. The fourth-order valence-electron chi connectivity index (χ4n) is 1.57. The smallest absolute Gasteiger partial charge is 0.251 e. The summed E-state index contributed by atoms with van der Waals surface area (Å²) >= 11 is 7.42. The van der Waals surface area contributed by atoms with Crippen LogP contribution in [0, 0.1) is 18.3 Å². The molecule has 1 aromatic carbocycles. The van der Waals surface area contributed by atoms with Crippen LogP contribution >= 0.6 is 23.4 Å². The molecule has 0 spiro atoms. The zero-order chi connectivity index (χ0) is 13.8. The van der Waals surface area contributed by atoms with Gasteiger partial charge in [-0.15, -0.1) is 0 Å². The first-order valence-corrected chi connectivity index (χ1v) is 6.85. The Morgan fingerprint density at radius 2 is 2.32 bits per heavy atom. The number of aryl methyl sites for hydroxylation is 1. The molecule has 0 radical (unpaired) electrons. The number of rotatable bonds is 3. The second kappa shape index (κ2) is 5.91. The minimum atomic E-state index is -0.185. The van der Waals surface area contributed by atoms with Crippen LogP contribution in [0.25, 0.3) is 0 Å². The van der Waals surface area contributed by atoms with Crippen LogP contribution in [0.1, 0.15) is 16.8 Å². The van der Waals surface area contributed by atoms with Gasteiger partial charge in [0.25, 0.3) is 5.56 Å². The molecule has 0 aliphatic carbocycles. The molecular formula is C13H10ClN3OS. The maximum atomic E-state index is 11.3. The molecule has 0 fully saturated rings. The van der Waals surface area contributed by atoms with Crippen molar-refractivity contribution in [1.29, 1.82) is 5.26 Å². The van der Waals surface area contributed by atoms with Crippen molar-refractivity contribution >= 4 is 23.4 Å². The normalized spacial score (nSPS) is 10.2. The second-order valence-corrected chi connectivity index (χ2v) is 5.23. The number of benzene rings is 1. The third-order valence-electron chi connectivity index (χ3n) is 2.44. The Balaban J connectivity index is 2.24. The summed E-state index contributed by atoms with van der Waals surface area (Å²) < 4.78 is 0. The van der Waals surface area contributed by atoms with E-state index in [4.69, 9.17) is 16.9 Å². The molecular weight excluding hydrogens is 282 g/mol. The van der Waals surface area contributed by atoms with Gasteiger partial charge in [0, 0.05) is 22.5 Å². The topological polar surface area (TPSA) is 69.5 Å². The molecule has 1 aromatic heterocycles. The molecule has 0 aliphatic heterocycles. The van der Waals surface area contributed by atoms with E-state index in [2.05, 4.69) is 16.0 Å². The maximum absolute atomic E-state index is 11.3. The minimum Gasteiger partial charge on any atom is -0.301 e. The summed E-state index contributed by atoms with van der Waals surface area (Å²) in [6.07, 6.45) is 0. The highest BCUT2D eigenvalue weighted by molar-refractivity contribution is 7.98. The number of thioether (sulfide) groups is 1. The average molecular weight is 292 g/mol. The third kappa shape index (κ3) is 3.37. The SMILES string of the molecule is Cc1cc(=O)[nH]c(SCc2c(Cl)cccc2C#N)n1. The number of hydrogen-bond donors (Lipinski definition) is 1. The molecule has 0 aliphatic rings. The molecule has 0 atom stereocenters. The Kier molecular flexibility index (Phi) is 4.25. The number of nitrogens with zero attached hydrogens (tertiary/aromatic N) is 2. The van der Waals surface area contributed by atoms with Gasteiger partial charge in [0.1, 0.15) is 0 Å². The van der Waals surface area contributed by atoms with Crippen LogP contribution in [-0.4, -0.2) is 9.97 Å². The van der Waals surface area contributed by atoms with E-state index in [1.165, 1.54) is 17.8 Å². The zero-order valence-electron chi connectivity index (χ0n) is 10.1. The van der Waals surface area contributed by atoms with Gasteiger partial charge in [0.05, 0.1) is 11.6 Å². The Hall–Kier alpha value is -1.77. The molecule has 0 saturated carbocycles. The lowest BCUT2D eigenvalue weighted by molar-refractivity contribution is 0.905. The second-order valence-electron chi connectivity index (χ2n) is 3.86. The molecule has 6 heteroatoms. The van der Waals surface area contributed by atoms with Crippen molar-refractivity contribution in [2.24, 2.45) is 0 Å². The number of nitrogens with one attached hydrogen (secondary N) is 1. The van der Waals surface area contributed by atoms with Gasteiger partial charge in [-0.1, -0.05) is 29.4 Å². The monoisotopic (exact) mass is 291 g/mol. The molecule has 4 nitrogen and oxygen atoms in total. The van der Waals surface area contributed by atoms with Crippen molar-refractivity contribution in [1.82, 2.24) is 9.97 Å². The van der Waals surface area contributed by atoms with Crippen molar-refractivity contribution in [3.63, 3.8) is 0 Å². The quantitative estimate of drug-likeness (QED) is 0.697. The van der Waals surface area contributed by atoms with Gasteiger partial charge in [-0.05, 0) is 24.6 Å². The van der Waals surface area contributed by atoms with Crippen molar-refractivity contribution in [3.05, 3.63) is 56.5 Å². The number of aromatic nitrogens is 2. The average Bonchev–Trinajstić information content (AvgIpc) is 2.36. The molecule has 0 bridgehead atoms. The number of H-pyrrole nitrogens is 1. The lowest BCUT2D eigenvalue weighted by Crippen LogP contribution is -2.08. The summed E-state index contributed by atoms with van der Waals surface area (Å²) in [6.45, 7) is 1.76. The largest absolute Gasteiger partial charge is 0.301 e. The fraction of sp³-hybridized carbons (Fsp3) is 0.154. The molecule has 2 rings (SSSR count). The highest BCUT2D eigenvalue weighted by atomic mass is 35.5. The predicted octanol–water partition coefficient (Wildman–Crippen LogP) is 2.90. The Morgan fingerprint density at radius 3 is 3.00 bits per heavy atom. The molecule has 0 saturated heterocycles. The number of aromatic amines is 1. The van der Waals surface area contributed by atoms with Gasteiger partial charge < -0.3 is 4.98 Å². The van der Waals surface area contributed by atoms with Gasteiger partial charge in [0.2, 0.25) is 0 Å². The van der Waals surface area contributed by atoms with E-state index in [1.54, 1.807) is 25.1 Å². The number of halogens is 1. The number of nitriles is 1. The first-order valence-electron chi connectivity index (χ1n) is 5.48. The molecule has 2 aromatic rings. The van der Waals surface area contributed by atoms with E-state index in [1.807, 2.05) is 0 Å². The van der Waals surface area contributed by atoms with Gasteiger partial charge in [-0.3, -0.25) is 4.79 Å². The van der Waals surface area contributed by atoms with E-state index >= 15 is 0 Å². The van der Waals surface area contributed by atoms with Crippen LogP contribution in [0.4, 0.5) is 0 Å². The van der Waals surface area contributed by atoms with Crippen molar-refractivity contribution < 1.29 is 0 Å². The zero-order valence-corrected chi connectivity index (χ0v) is 11.7. The summed E-state index contributed by atoms with van der Waals surface area (Å²) in [4.78, 5) is 18.2. The lowest BCUT2D eigenvalue weighted by Gasteiger charge is -2.06. The van der Waals surface area contributed by atoms with Crippen molar-refractivity contribution in [2.45, 2.75) is 17.8 Å². The fourth-order valence-corrected chi connectivity index (χ4v) is 2.86. The third-order valence-corrected chi connectivity index (χ3v) is 3.69. The first kappa shape index (κ1) is 13.7. The molecule has 1 N–H and O–H groups in total. The Labute approximate surface area is 119 Å². The van der Waals surface area contributed by atoms with Crippen LogP contribution in [-0.2, 0) is 5.75 Å². The molecule has 0 amide bonds. The summed E-state index contributed by atoms with van der Waals surface area (Å²) in [7, 11) is 0. The van der Waals surface area contributed by atoms with Gasteiger partial charge in [-0.25, -0.2) is 4.98 Å². The van der Waals surface area contributed by atoms with E-state index in [0.29, 0.717) is 27.2 Å². The first-order chi connectivity index (χ1) is 9.10. The maximum Gasteiger partial charge on any atom is 0.251 e. The van der Waals surface area contributed by atoms with E-state index in [9.17, 15) is 4.79 Å². The molecule has 1 heterocycles. The van der Waals surface area contributed by atoms with E-state index < -0.39 is 0 Å². The van der Waals surface area contributed by atoms with Crippen molar-refractivity contribution in [3.8, 4) is 6.07 Å².